The lowest BCUT2D eigenvalue weighted by Gasteiger charge is -2.39. The molecule has 0 amide bonds. The van der Waals surface area contributed by atoms with E-state index in [4.69, 9.17) is 9.47 Å². The maximum Gasteiger partial charge on any atom is 0.0653 e. The molecular weight excluding hydrogens is 262 g/mol. The standard InChI is InChI=1S/C18H37NO2/c1-7-17(3,15-18(4,8-2)21-6)11-13-19-12-9-10-16(19)14-20-5/h16H,7-15H2,1-6H3. The van der Waals surface area contributed by atoms with Gasteiger partial charge in [0.05, 0.1) is 12.2 Å². The molecule has 0 radical (unpaired) electrons. The topological polar surface area (TPSA) is 21.7 Å². The van der Waals surface area contributed by atoms with Crippen molar-refractivity contribution < 1.29 is 9.47 Å². The van der Waals surface area contributed by atoms with Gasteiger partial charge in [-0.25, -0.2) is 0 Å². The number of nitrogens with zero attached hydrogens (tertiary/aromatic N) is 1. The first kappa shape index (κ1) is 18.9. The molecule has 0 bridgehead atoms. The molecule has 0 aliphatic carbocycles. The second-order valence-corrected chi connectivity index (χ2v) is 7.39. The van der Waals surface area contributed by atoms with Crippen LogP contribution in [0.1, 0.15) is 66.2 Å². The van der Waals surface area contributed by atoms with Crippen molar-refractivity contribution in [1.29, 1.82) is 0 Å². The largest absolute Gasteiger partial charge is 0.383 e. The van der Waals surface area contributed by atoms with Crippen LogP contribution in [0, 0.1) is 5.41 Å². The monoisotopic (exact) mass is 299 g/mol. The predicted molar refractivity (Wildman–Crippen MR) is 89.8 cm³/mol. The highest BCUT2D eigenvalue weighted by molar-refractivity contribution is 4.87. The molecule has 3 unspecified atom stereocenters. The number of hydrogen-bond acceptors (Lipinski definition) is 3. The molecule has 3 nitrogen and oxygen atoms in total. The van der Waals surface area contributed by atoms with Gasteiger partial charge < -0.3 is 9.47 Å². The molecule has 0 aromatic heterocycles. The number of likely N-dealkylation sites (tertiary alicyclic amines) is 1. The molecule has 1 aliphatic heterocycles. The summed E-state index contributed by atoms with van der Waals surface area (Å²) >= 11 is 0. The quantitative estimate of drug-likeness (QED) is 0.606. The molecule has 1 rings (SSSR count). The summed E-state index contributed by atoms with van der Waals surface area (Å²) in [7, 11) is 3.67. The lowest BCUT2D eigenvalue weighted by atomic mass is 9.74. The van der Waals surface area contributed by atoms with Gasteiger partial charge in [-0.15, -0.1) is 0 Å². The minimum absolute atomic E-state index is 0.0156. The molecule has 0 aromatic rings. The molecule has 0 N–H and O–H groups in total. The first-order chi connectivity index (χ1) is 9.92. The van der Waals surface area contributed by atoms with E-state index in [1.807, 2.05) is 14.2 Å². The molecule has 126 valence electrons. The highest BCUT2D eigenvalue weighted by Gasteiger charge is 2.34. The summed E-state index contributed by atoms with van der Waals surface area (Å²) in [6.07, 6.45) is 7.31. The zero-order valence-electron chi connectivity index (χ0n) is 15.2. The summed E-state index contributed by atoms with van der Waals surface area (Å²) in [4.78, 5) is 2.63. The third-order valence-corrected chi connectivity index (χ3v) is 5.76. The average Bonchev–Trinajstić information content (AvgIpc) is 2.93. The molecule has 1 fully saturated rings. The average molecular weight is 299 g/mol. The van der Waals surface area contributed by atoms with Gasteiger partial charge in [-0.05, 0) is 57.5 Å². The molecule has 3 atom stereocenters. The molecule has 1 heterocycles. The zero-order valence-corrected chi connectivity index (χ0v) is 15.2. The molecule has 0 saturated carbocycles. The maximum absolute atomic E-state index is 5.78. The van der Waals surface area contributed by atoms with Gasteiger partial charge in [0.2, 0.25) is 0 Å². The van der Waals surface area contributed by atoms with E-state index in [9.17, 15) is 0 Å². The van der Waals surface area contributed by atoms with Crippen LogP contribution in [0.5, 0.6) is 0 Å². The minimum atomic E-state index is 0.0156. The van der Waals surface area contributed by atoms with Gasteiger partial charge in [0.25, 0.3) is 0 Å². The smallest absolute Gasteiger partial charge is 0.0653 e. The fourth-order valence-corrected chi connectivity index (χ4v) is 3.62. The minimum Gasteiger partial charge on any atom is -0.383 e. The van der Waals surface area contributed by atoms with Crippen molar-refractivity contribution in [2.75, 3.05) is 33.9 Å². The summed E-state index contributed by atoms with van der Waals surface area (Å²) in [5.74, 6) is 0. The van der Waals surface area contributed by atoms with Crippen LogP contribution >= 0.6 is 0 Å². The fraction of sp³-hybridized carbons (Fsp3) is 1.00. The number of rotatable bonds is 10. The highest BCUT2D eigenvalue weighted by atomic mass is 16.5. The fourth-order valence-electron chi connectivity index (χ4n) is 3.62. The second-order valence-electron chi connectivity index (χ2n) is 7.39. The van der Waals surface area contributed by atoms with Crippen LogP contribution in [0.15, 0.2) is 0 Å². The van der Waals surface area contributed by atoms with Crippen molar-refractivity contribution in [1.82, 2.24) is 4.90 Å². The van der Waals surface area contributed by atoms with Gasteiger partial charge in [-0.3, -0.25) is 4.90 Å². The van der Waals surface area contributed by atoms with Crippen molar-refractivity contribution in [3.05, 3.63) is 0 Å². The Kier molecular flexibility index (Phi) is 7.66. The highest BCUT2D eigenvalue weighted by Crippen LogP contribution is 2.38. The van der Waals surface area contributed by atoms with Crippen LogP contribution in [0.3, 0.4) is 0 Å². The Morgan fingerprint density at radius 1 is 1.14 bits per heavy atom. The molecule has 1 saturated heterocycles. The third kappa shape index (κ3) is 5.54. The lowest BCUT2D eigenvalue weighted by molar-refractivity contribution is -0.0391. The summed E-state index contributed by atoms with van der Waals surface area (Å²) < 4.78 is 11.2. The molecule has 1 aliphatic rings. The molecule has 21 heavy (non-hydrogen) atoms. The van der Waals surface area contributed by atoms with Crippen LogP contribution in [-0.4, -0.2) is 50.5 Å². The lowest BCUT2D eigenvalue weighted by Crippen LogP contribution is -2.39. The Hall–Kier alpha value is -0.120. The van der Waals surface area contributed by atoms with Gasteiger partial charge in [0, 0.05) is 20.3 Å². The van der Waals surface area contributed by atoms with Crippen LogP contribution in [-0.2, 0) is 9.47 Å². The van der Waals surface area contributed by atoms with Gasteiger partial charge >= 0.3 is 0 Å². The summed E-state index contributed by atoms with van der Waals surface area (Å²) in [6.45, 7) is 12.6. The van der Waals surface area contributed by atoms with Gasteiger partial charge in [-0.2, -0.15) is 0 Å². The van der Waals surface area contributed by atoms with E-state index < -0.39 is 0 Å². The van der Waals surface area contributed by atoms with Crippen LogP contribution in [0.2, 0.25) is 0 Å². The van der Waals surface area contributed by atoms with Crippen LogP contribution < -0.4 is 0 Å². The molecule has 0 spiro atoms. The Morgan fingerprint density at radius 2 is 1.86 bits per heavy atom. The maximum atomic E-state index is 5.78. The second kappa shape index (κ2) is 8.50. The number of ether oxygens (including phenoxy) is 2. The summed E-state index contributed by atoms with van der Waals surface area (Å²) in [5.41, 5.74) is 0.378. The number of hydrogen-bond donors (Lipinski definition) is 0. The van der Waals surface area contributed by atoms with Crippen molar-refractivity contribution >= 4 is 0 Å². The molecular formula is C18H37NO2. The Labute approximate surface area is 132 Å². The van der Waals surface area contributed by atoms with E-state index in [-0.39, 0.29) is 5.60 Å². The molecule has 3 heteroatoms. The van der Waals surface area contributed by atoms with E-state index in [1.165, 1.54) is 38.8 Å². The first-order valence-corrected chi connectivity index (χ1v) is 8.70. The SMILES string of the molecule is CCC(C)(CCN1CCCC1COC)CC(C)(CC)OC. The Bertz CT molecular complexity index is 291. The summed E-state index contributed by atoms with van der Waals surface area (Å²) in [5, 5.41) is 0. The van der Waals surface area contributed by atoms with E-state index in [0.29, 0.717) is 11.5 Å². The van der Waals surface area contributed by atoms with Gasteiger partial charge in [0.1, 0.15) is 0 Å². The number of methoxy groups -OCH3 is 2. The van der Waals surface area contributed by atoms with Crippen molar-refractivity contribution in [2.24, 2.45) is 5.41 Å². The Balaban J connectivity index is 2.56. The van der Waals surface area contributed by atoms with Crippen molar-refractivity contribution in [3.8, 4) is 0 Å². The Morgan fingerprint density at radius 3 is 2.38 bits per heavy atom. The van der Waals surface area contributed by atoms with Crippen LogP contribution in [0.25, 0.3) is 0 Å². The zero-order chi connectivity index (χ0) is 15.9. The van der Waals surface area contributed by atoms with E-state index in [1.54, 1.807) is 0 Å². The molecule has 0 aromatic carbocycles. The predicted octanol–water partition coefficient (Wildman–Crippen LogP) is 4.11. The van der Waals surface area contributed by atoms with Crippen molar-refractivity contribution in [2.45, 2.75) is 77.9 Å². The van der Waals surface area contributed by atoms with Crippen LogP contribution in [0.4, 0.5) is 0 Å². The normalized spacial score (nSPS) is 25.7. The van der Waals surface area contributed by atoms with E-state index >= 15 is 0 Å². The first-order valence-electron chi connectivity index (χ1n) is 8.70. The summed E-state index contributed by atoms with van der Waals surface area (Å²) in [6, 6.07) is 0.635. The van der Waals surface area contributed by atoms with Crippen molar-refractivity contribution in [3.63, 3.8) is 0 Å². The van der Waals surface area contributed by atoms with Gasteiger partial charge in [0.15, 0.2) is 0 Å². The van der Waals surface area contributed by atoms with Gasteiger partial charge in [-0.1, -0.05) is 27.2 Å². The third-order valence-electron chi connectivity index (χ3n) is 5.76. The van der Waals surface area contributed by atoms with E-state index in [0.717, 1.165) is 19.4 Å². The van der Waals surface area contributed by atoms with E-state index in [2.05, 4.69) is 32.6 Å².